The number of nitrogens with one attached hydrogen (secondary N) is 2. The Labute approximate surface area is 123 Å². The number of rotatable bonds is 1. The molecular formula is C11H17N3O8. The first kappa shape index (κ1) is 14.5. The summed E-state index contributed by atoms with van der Waals surface area (Å²) in [5.41, 5.74) is 1.72. The van der Waals surface area contributed by atoms with Crippen molar-refractivity contribution in [3.8, 4) is 0 Å². The molecule has 4 fully saturated rings. The normalized spacial score (nSPS) is 62.4. The van der Waals surface area contributed by atoms with E-state index in [0.29, 0.717) is 0 Å². The summed E-state index contributed by atoms with van der Waals surface area (Å²) in [7, 11) is 0. The lowest BCUT2D eigenvalue weighted by atomic mass is 9.55. The van der Waals surface area contributed by atoms with Gasteiger partial charge in [0.1, 0.15) is 36.0 Å². The van der Waals surface area contributed by atoms with Crippen LogP contribution in [0.5, 0.6) is 0 Å². The van der Waals surface area contributed by atoms with Crippen molar-refractivity contribution < 1.29 is 45.1 Å². The van der Waals surface area contributed by atoms with Crippen molar-refractivity contribution >= 4 is 5.96 Å². The van der Waals surface area contributed by atoms with E-state index in [1.54, 1.807) is 0 Å². The number of hydrogen-bond acceptors (Lipinski definition) is 10. The zero-order valence-corrected chi connectivity index (χ0v) is 11.2. The topological polar surface area (TPSA) is 195 Å². The van der Waals surface area contributed by atoms with Crippen LogP contribution in [-0.4, -0.2) is 85.9 Å². The fraction of sp³-hybridized carbons (Fsp3) is 0.909. The molecule has 9 N–H and O–H groups in total. The number of ether oxygens (including phenoxy) is 2. The molecule has 4 bridgehead atoms. The van der Waals surface area contributed by atoms with E-state index in [2.05, 4.69) is 10.3 Å². The quantitative estimate of drug-likeness (QED) is 0.230. The number of aliphatic hydroxyl groups is 5. The molecule has 0 aromatic rings. The van der Waals surface area contributed by atoms with Crippen LogP contribution in [0.15, 0.2) is 0 Å². The van der Waals surface area contributed by atoms with Gasteiger partial charge in [-0.15, -0.1) is 0 Å². The highest BCUT2D eigenvalue weighted by atomic mass is 16.9. The summed E-state index contributed by atoms with van der Waals surface area (Å²) in [5, 5.41) is 66.5. The first-order valence-corrected chi connectivity index (χ1v) is 6.81. The molecule has 11 nitrogen and oxygen atoms in total. The van der Waals surface area contributed by atoms with Crippen molar-refractivity contribution in [1.82, 2.24) is 5.32 Å². The van der Waals surface area contributed by atoms with Crippen LogP contribution in [0.4, 0.5) is 0 Å². The van der Waals surface area contributed by atoms with Crippen LogP contribution >= 0.6 is 0 Å². The molecule has 124 valence electrons. The van der Waals surface area contributed by atoms with Crippen molar-refractivity contribution in [1.29, 1.82) is 0 Å². The maximum Gasteiger partial charge on any atom is 0.343 e. The van der Waals surface area contributed by atoms with E-state index >= 15 is 0 Å². The Bertz CT molecular complexity index is 561. The molecule has 1 saturated carbocycles. The standard InChI is InChI=1S/C11H16N3O8/c12-8-13-6(17)2-4-9(19,1-15)5-3(16)10(2,14-8)7(18)11(20,21-4)22-5/h2-7,15-19H,1H2,(H3,12,13,14)/q-1/p+1/t2-,3+,4-,5+,6-,7+,9+,10-,11+/m1/s1. The second-order valence-electron chi connectivity index (χ2n) is 6.26. The van der Waals surface area contributed by atoms with Crippen molar-refractivity contribution in [3.05, 3.63) is 0 Å². The first-order chi connectivity index (χ1) is 10.2. The van der Waals surface area contributed by atoms with Gasteiger partial charge in [0.15, 0.2) is 11.8 Å². The van der Waals surface area contributed by atoms with E-state index in [9.17, 15) is 30.6 Å². The maximum atomic E-state index is 12.5. The second-order valence-corrected chi connectivity index (χ2v) is 6.26. The van der Waals surface area contributed by atoms with E-state index in [4.69, 9.17) is 15.2 Å². The van der Waals surface area contributed by atoms with Gasteiger partial charge in [-0.25, -0.2) is 0 Å². The number of hydrogen-bond donors (Lipinski definition) is 8. The van der Waals surface area contributed by atoms with Crippen LogP contribution < -0.4 is 21.1 Å². The number of guanidine groups is 1. The predicted molar refractivity (Wildman–Crippen MR) is 62.0 cm³/mol. The van der Waals surface area contributed by atoms with Crippen LogP contribution in [0.2, 0.25) is 0 Å². The highest BCUT2D eigenvalue weighted by molar-refractivity contribution is 5.74. The third kappa shape index (κ3) is 1.28. The fourth-order valence-electron chi connectivity index (χ4n) is 4.28. The van der Waals surface area contributed by atoms with Crippen LogP contribution in [0.1, 0.15) is 0 Å². The fourth-order valence-corrected chi connectivity index (χ4v) is 4.28. The van der Waals surface area contributed by atoms with Gasteiger partial charge in [-0.1, -0.05) is 0 Å². The average Bonchev–Trinajstić information content (AvgIpc) is 2.45. The third-order valence-electron chi connectivity index (χ3n) is 5.26. The van der Waals surface area contributed by atoms with Gasteiger partial charge in [-0.05, 0) is 0 Å². The predicted octanol–water partition coefficient (Wildman–Crippen LogP) is -8.07. The molecule has 0 radical (unpaired) electrons. The lowest BCUT2D eigenvalue weighted by Crippen LogP contribution is -3.04. The summed E-state index contributed by atoms with van der Waals surface area (Å²) in [6.07, 6.45) is -7.87. The van der Waals surface area contributed by atoms with Gasteiger partial charge in [0.05, 0.1) is 12.5 Å². The van der Waals surface area contributed by atoms with Gasteiger partial charge >= 0.3 is 5.96 Å². The van der Waals surface area contributed by atoms with Crippen molar-refractivity contribution in [3.63, 3.8) is 0 Å². The van der Waals surface area contributed by atoms with Gasteiger partial charge in [-0.3, -0.25) is 16.0 Å². The van der Waals surface area contributed by atoms with Gasteiger partial charge in [-0.2, -0.15) is 0 Å². The molecule has 0 amide bonds. The minimum absolute atomic E-state index is 0.153. The van der Waals surface area contributed by atoms with Gasteiger partial charge < -0.3 is 40.1 Å². The molecule has 4 heterocycles. The molecule has 0 aromatic carbocycles. The number of aliphatic hydroxyl groups excluding tert-OH is 4. The average molecular weight is 319 g/mol. The molecule has 9 atom stereocenters. The number of nitrogens with two attached hydrogens (primary N) is 1. The Morgan fingerprint density at radius 1 is 1.27 bits per heavy atom. The first-order valence-electron chi connectivity index (χ1n) is 6.81. The summed E-state index contributed by atoms with van der Waals surface area (Å²) < 4.78 is 10.1. The second kappa shape index (κ2) is 3.88. The van der Waals surface area contributed by atoms with E-state index in [0.717, 1.165) is 0 Å². The largest absolute Gasteiger partial charge is 0.805 e. The Morgan fingerprint density at radius 2 is 1.91 bits per heavy atom. The zero-order chi connectivity index (χ0) is 16.1. The highest BCUT2D eigenvalue weighted by Crippen LogP contribution is 2.56. The third-order valence-corrected chi connectivity index (χ3v) is 5.26. The van der Waals surface area contributed by atoms with Gasteiger partial charge in [0.2, 0.25) is 0 Å². The van der Waals surface area contributed by atoms with Crippen LogP contribution in [0.25, 0.3) is 0 Å². The van der Waals surface area contributed by atoms with Gasteiger partial charge in [0.25, 0.3) is 0 Å². The van der Waals surface area contributed by atoms with Crippen LogP contribution in [0, 0.1) is 5.92 Å². The molecule has 0 unspecified atom stereocenters. The summed E-state index contributed by atoms with van der Waals surface area (Å²) in [6.45, 7) is -0.871. The molecule has 0 aromatic heterocycles. The zero-order valence-electron chi connectivity index (χ0n) is 11.2. The molecule has 1 aliphatic carbocycles. The minimum atomic E-state index is -2.75. The maximum absolute atomic E-state index is 12.5. The molecule has 11 heteroatoms. The van der Waals surface area contributed by atoms with Crippen molar-refractivity contribution in [2.45, 2.75) is 47.8 Å². The molecule has 3 saturated heterocycles. The highest BCUT2D eigenvalue weighted by Gasteiger charge is 2.81. The molecule has 1 spiro atoms. The van der Waals surface area contributed by atoms with Gasteiger partial charge in [0, 0.05) is 0 Å². The summed E-state index contributed by atoms with van der Waals surface area (Å²) in [5.74, 6) is -4.07. The lowest BCUT2D eigenvalue weighted by molar-refractivity contribution is -0.719. The molecule has 5 aliphatic rings. The molecular weight excluding hydrogens is 302 g/mol. The minimum Gasteiger partial charge on any atom is -0.805 e. The summed E-state index contributed by atoms with van der Waals surface area (Å²) in [6, 6.07) is 0. The Morgan fingerprint density at radius 3 is 2.55 bits per heavy atom. The smallest absolute Gasteiger partial charge is 0.343 e. The van der Waals surface area contributed by atoms with E-state index in [1.807, 2.05) is 0 Å². The summed E-state index contributed by atoms with van der Waals surface area (Å²) >= 11 is 0. The molecule has 22 heavy (non-hydrogen) atoms. The van der Waals surface area contributed by atoms with Crippen molar-refractivity contribution in [2.75, 3.05) is 6.61 Å². The van der Waals surface area contributed by atoms with Crippen LogP contribution in [0.3, 0.4) is 0 Å². The van der Waals surface area contributed by atoms with E-state index in [1.165, 1.54) is 0 Å². The monoisotopic (exact) mass is 319 g/mol. The molecule has 4 aliphatic heterocycles. The van der Waals surface area contributed by atoms with E-state index < -0.39 is 60.3 Å². The molecule has 5 rings (SSSR count). The Hall–Kier alpha value is -1.05. The van der Waals surface area contributed by atoms with Crippen molar-refractivity contribution in [2.24, 2.45) is 11.7 Å². The lowest BCUT2D eigenvalue weighted by Gasteiger charge is -2.73. The Kier molecular flexibility index (Phi) is 2.57. The Balaban J connectivity index is 1.95. The summed E-state index contributed by atoms with van der Waals surface area (Å²) in [4.78, 5) is 2.45. The SMILES string of the molecule is NC1=[NH+][C@H](O)[C@H]2[C@H]3O[C@]4([O-])O[C@@H]([C@H](O)[C@@]2(N1)[C@@H]4O)[C@]3(O)CO. The van der Waals surface area contributed by atoms with Crippen LogP contribution in [-0.2, 0) is 9.47 Å². The van der Waals surface area contributed by atoms with E-state index in [-0.39, 0.29) is 5.96 Å².